The van der Waals surface area contributed by atoms with Gasteiger partial charge in [0.05, 0.1) is 20.1 Å². The summed E-state index contributed by atoms with van der Waals surface area (Å²) in [6, 6.07) is 27.6. The number of hydrogen-bond donors (Lipinski definition) is 4. The van der Waals surface area contributed by atoms with Crippen LogP contribution in [0.1, 0.15) is 60.5 Å². The van der Waals surface area contributed by atoms with E-state index in [9.17, 15) is 19.5 Å². The Kier molecular flexibility index (Phi) is 13.2. The van der Waals surface area contributed by atoms with Crippen molar-refractivity contribution < 1.29 is 29.0 Å². The van der Waals surface area contributed by atoms with Crippen molar-refractivity contribution >= 4 is 34.8 Å². The first-order valence-electron chi connectivity index (χ1n) is 16.0. The van der Waals surface area contributed by atoms with E-state index in [-0.39, 0.29) is 24.3 Å². The zero-order valence-electron chi connectivity index (χ0n) is 27.0. The number of nitrogens with one attached hydrogen (secondary N) is 3. The smallest absolute Gasteiger partial charge is 0.326 e. The molecule has 4 aromatic rings. The third kappa shape index (κ3) is 11.5. The fraction of sp³-hybridized carbons (Fsp3) is 0.289. The Morgan fingerprint density at radius 3 is 1.89 bits per heavy atom. The lowest BCUT2D eigenvalue weighted by Crippen LogP contribution is -2.42. The maximum atomic E-state index is 12.9. The average Bonchev–Trinajstić information content (AvgIpc) is 3.08. The summed E-state index contributed by atoms with van der Waals surface area (Å²) >= 11 is 0. The van der Waals surface area contributed by atoms with Crippen molar-refractivity contribution in [1.29, 1.82) is 0 Å². The Hall–Kier alpha value is -5.31. The molecule has 0 aromatic heterocycles. The fourth-order valence-corrected chi connectivity index (χ4v) is 4.94. The molecule has 246 valence electrons. The van der Waals surface area contributed by atoms with Crippen LogP contribution in [0.15, 0.2) is 97.1 Å². The number of methoxy groups -OCH3 is 1. The van der Waals surface area contributed by atoms with Crippen LogP contribution in [0.2, 0.25) is 0 Å². The summed E-state index contributed by atoms with van der Waals surface area (Å²) in [5, 5.41) is 18.6. The highest BCUT2D eigenvalue weighted by Gasteiger charge is 2.21. The SMILES string of the molecule is CCCCCCCOc1ccc(Nc2ccc(CC(NC(=O)c3ccc(NC(=O)Cc4ccc(OC)cc4)cc3)C(=O)O)cc2)cc1. The zero-order valence-corrected chi connectivity index (χ0v) is 27.0. The molecule has 0 bridgehead atoms. The van der Waals surface area contributed by atoms with Crippen LogP contribution < -0.4 is 25.4 Å². The summed E-state index contributed by atoms with van der Waals surface area (Å²) in [6.07, 6.45) is 6.29. The van der Waals surface area contributed by atoms with E-state index in [1.165, 1.54) is 25.7 Å². The Morgan fingerprint density at radius 2 is 1.28 bits per heavy atom. The zero-order chi connectivity index (χ0) is 33.4. The third-order valence-electron chi connectivity index (χ3n) is 7.61. The van der Waals surface area contributed by atoms with Crippen molar-refractivity contribution in [2.75, 3.05) is 24.4 Å². The van der Waals surface area contributed by atoms with Crippen LogP contribution in [0.5, 0.6) is 11.5 Å². The minimum Gasteiger partial charge on any atom is -0.497 e. The molecule has 1 unspecified atom stereocenters. The van der Waals surface area contributed by atoms with Crippen LogP contribution in [-0.2, 0) is 22.4 Å². The predicted octanol–water partition coefficient (Wildman–Crippen LogP) is 7.39. The topological polar surface area (TPSA) is 126 Å². The van der Waals surface area contributed by atoms with E-state index in [0.29, 0.717) is 18.0 Å². The number of amides is 2. The van der Waals surface area contributed by atoms with E-state index < -0.39 is 17.9 Å². The third-order valence-corrected chi connectivity index (χ3v) is 7.61. The summed E-state index contributed by atoms with van der Waals surface area (Å²) in [5.74, 6) is -0.301. The van der Waals surface area contributed by atoms with E-state index >= 15 is 0 Å². The van der Waals surface area contributed by atoms with Gasteiger partial charge in [0.1, 0.15) is 17.5 Å². The van der Waals surface area contributed by atoms with E-state index in [1.807, 2.05) is 60.7 Å². The first kappa shape index (κ1) is 34.6. The number of rotatable bonds is 18. The Labute approximate surface area is 276 Å². The molecular weight excluding hydrogens is 594 g/mol. The van der Waals surface area contributed by atoms with Crippen molar-refractivity contribution in [2.45, 2.75) is 57.9 Å². The van der Waals surface area contributed by atoms with Gasteiger partial charge in [-0.25, -0.2) is 4.79 Å². The highest BCUT2D eigenvalue weighted by molar-refractivity contribution is 5.98. The largest absolute Gasteiger partial charge is 0.497 e. The lowest BCUT2D eigenvalue weighted by atomic mass is 10.0. The molecule has 0 spiro atoms. The van der Waals surface area contributed by atoms with Crippen LogP contribution in [-0.4, -0.2) is 42.6 Å². The molecule has 4 aromatic carbocycles. The first-order chi connectivity index (χ1) is 22.8. The van der Waals surface area contributed by atoms with Crippen molar-refractivity contribution in [1.82, 2.24) is 5.32 Å². The van der Waals surface area contributed by atoms with Crippen LogP contribution in [0, 0.1) is 0 Å². The van der Waals surface area contributed by atoms with Crippen molar-refractivity contribution in [3.63, 3.8) is 0 Å². The number of aliphatic carboxylic acids is 1. The fourth-order valence-electron chi connectivity index (χ4n) is 4.94. The monoisotopic (exact) mass is 637 g/mol. The molecule has 0 heterocycles. The molecule has 9 nitrogen and oxygen atoms in total. The molecule has 0 saturated carbocycles. The van der Waals surface area contributed by atoms with Crippen molar-refractivity contribution in [2.24, 2.45) is 0 Å². The molecule has 9 heteroatoms. The number of unbranched alkanes of at least 4 members (excludes halogenated alkanes) is 4. The van der Waals surface area contributed by atoms with E-state index in [1.54, 1.807) is 43.5 Å². The van der Waals surface area contributed by atoms with E-state index in [2.05, 4.69) is 22.9 Å². The highest BCUT2D eigenvalue weighted by Crippen LogP contribution is 2.21. The van der Waals surface area contributed by atoms with Crippen LogP contribution in [0.25, 0.3) is 0 Å². The molecule has 2 amide bonds. The second-order valence-corrected chi connectivity index (χ2v) is 11.3. The minimum absolute atomic E-state index is 0.116. The normalized spacial score (nSPS) is 11.3. The lowest BCUT2D eigenvalue weighted by molar-refractivity contribution is -0.139. The van der Waals surface area contributed by atoms with Gasteiger partial charge in [-0.05, 0) is 90.3 Å². The average molecular weight is 638 g/mol. The van der Waals surface area contributed by atoms with Gasteiger partial charge in [0, 0.05) is 29.0 Å². The van der Waals surface area contributed by atoms with Gasteiger partial charge < -0.3 is 30.5 Å². The lowest BCUT2D eigenvalue weighted by Gasteiger charge is -2.15. The summed E-state index contributed by atoms with van der Waals surface area (Å²) in [4.78, 5) is 37.3. The molecule has 47 heavy (non-hydrogen) atoms. The van der Waals surface area contributed by atoms with Gasteiger partial charge in [0.25, 0.3) is 5.91 Å². The number of hydrogen-bond acceptors (Lipinski definition) is 6. The van der Waals surface area contributed by atoms with E-state index in [0.717, 1.165) is 34.7 Å². The number of ether oxygens (including phenoxy) is 2. The van der Waals surface area contributed by atoms with Crippen molar-refractivity contribution in [3.8, 4) is 11.5 Å². The standard InChI is InChI=1S/C38H43N3O6/c1-3-4-5-6-7-24-47-34-22-18-31(19-23-34)39-30-14-8-27(9-15-30)25-35(38(44)45)41-37(43)29-12-16-32(17-13-29)40-36(42)26-28-10-20-33(46-2)21-11-28/h8-23,35,39H,3-7,24-26H2,1-2H3,(H,40,42)(H,41,43)(H,44,45). The van der Waals surface area contributed by atoms with Gasteiger partial charge in [0.2, 0.25) is 5.91 Å². The molecule has 0 fully saturated rings. The van der Waals surface area contributed by atoms with E-state index in [4.69, 9.17) is 9.47 Å². The summed E-state index contributed by atoms with van der Waals surface area (Å²) in [7, 11) is 1.58. The predicted molar refractivity (Wildman–Crippen MR) is 185 cm³/mol. The highest BCUT2D eigenvalue weighted by atomic mass is 16.5. The van der Waals surface area contributed by atoms with Gasteiger partial charge in [0.15, 0.2) is 0 Å². The van der Waals surface area contributed by atoms with Gasteiger partial charge in [-0.2, -0.15) is 0 Å². The molecule has 0 aliphatic heterocycles. The number of benzene rings is 4. The van der Waals surface area contributed by atoms with Crippen LogP contribution >= 0.6 is 0 Å². The Balaban J connectivity index is 1.24. The summed E-state index contributed by atoms with van der Waals surface area (Å²) < 4.78 is 11.0. The summed E-state index contributed by atoms with van der Waals surface area (Å²) in [6.45, 7) is 2.92. The van der Waals surface area contributed by atoms with Gasteiger partial charge in [-0.1, -0.05) is 56.9 Å². The first-order valence-corrected chi connectivity index (χ1v) is 16.0. The van der Waals surface area contributed by atoms with Gasteiger partial charge in [-0.15, -0.1) is 0 Å². The van der Waals surface area contributed by atoms with Gasteiger partial charge >= 0.3 is 5.97 Å². The number of carbonyl (C=O) groups is 3. The second kappa shape index (κ2) is 18.0. The van der Waals surface area contributed by atoms with Crippen LogP contribution in [0.3, 0.4) is 0 Å². The Bertz CT molecular complexity index is 1570. The quantitative estimate of drug-likeness (QED) is 0.0838. The number of carboxylic acids is 1. The molecule has 1 atom stereocenters. The van der Waals surface area contributed by atoms with Crippen molar-refractivity contribution in [3.05, 3.63) is 114 Å². The minimum atomic E-state index is -1.13. The number of carboxylic acid groups (broad SMARTS) is 1. The molecule has 0 radical (unpaired) electrons. The Morgan fingerprint density at radius 1 is 0.702 bits per heavy atom. The molecule has 0 saturated heterocycles. The number of anilines is 3. The molecule has 4 N–H and O–H groups in total. The number of carbonyl (C=O) groups excluding carboxylic acids is 2. The molecule has 0 aliphatic rings. The maximum Gasteiger partial charge on any atom is 0.326 e. The molecule has 0 aliphatic carbocycles. The van der Waals surface area contributed by atoms with Crippen LogP contribution in [0.4, 0.5) is 17.1 Å². The maximum absolute atomic E-state index is 12.9. The second-order valence-electron chi connectivity index (χ2n) is 11.3. The summed E-state index contributed by atoms with van der Waals surface area (Å²) in [5.41, 5.74) is 4.18. The molecule has 4 rings (SSSR count). The van der Waals surface area contributed by atoms with Gasteiger partial charge in [-0.3, -0.25) is 9.59 Å². The molecular formula is C38H43N3O6.